The van der Waals surface area contributed by atoms with Gasteiger partial charge in [-0.05, 0) is 57.5 Å². The standard InChI is InChI=1S/C26H30FN5O2/c1-16-15-32(25(26(3,4)34)18-7-9-19(27)10-8-18)17(2)14-31(16)21-13-23(33)30(6)20-11-12-22(28-5)29-24(20)21/h7-13,16-17,25,34H,14-15H2,1-4,6H3/t16-,17+,25?/m0/s1. The van der Waals surface area contributed by atoms with Crippen LogP contribution in [0.1, 0.15) is 39.3 Å². The first-order chi connectivity index (χ1) is 16.0. The van der Waals surface area contributed by atoms with Crippen LogP contribution in [0.3, 0.4) is 0 Å². The number of piperazine rings is 1. The zero-order valence-electron chi connectivity index (χ0n) is 20.2. The number of hydrogen-bond acceptors (Lipinski definition) is 5. The fraction of sp³-hybridized carbons (Fsp3) is 0.423. The summed E-state index contributed by atoms with van der Waals surface area (Å²) in [5.41, 5.74) is 1.67. The van der Waals surface area contributed by atoms with E-state index in [0.717, 1.165) is 5.56 Å². The molecule has 3 atom stereocenters. The minimum Gasteiger partial charge on any atom is -0.388 e. The van der Waals surface area contributed by atoms with Crippen LogP contribution >= 0.6 is 0 Å². The van der Waals surface area contributed by atoms with E-state index in [-0.39, 0.29) is 35.3 Å². The third-order valence-electron chi connectivity index (χ3n) is 6.70. The molecule has 7 nitrogen and oxygen atoms in total. The van der Waals surface area contributed by atoms with Crippen molar-refractivity contribution in [3.05, 3.63) is 75.6 Å². The van der Waals surface area contributed by atoms with Crippen molar-refractivity contribution < 1.29 is 9.50 Å². The van der Waals surface area contributed by atoms with Crippen LogP contribution < -0.4 is 10.5 Å². The molecule has 4 rings (SSSR count). The van der Waals surface area contributed by atoms with Gasteiger partial charge in [0.1, 0.15) is 5.82 Å². The average Bonchev–Trinajstić information content (AvgIpc) is 2.78. The largest absolute Gasteiger partial charge is 0.388 e. The number of fused-ring (bicyclic) bond motifs is 1. The Morgan fingerprint density at radius 1 is 1.15 bits per heavy atom. The first-order valence-corrected chi connectivity index (χ1v) is 11.4. The topological polar surface area (TPSA) is 66.0 Å². The molecule has 3 heterocycles. The quantitative estimate of drug-likeness (QED) is 0.592. The Hall–Kier alpha value is -3.28. The molecule has 0 spiro atoms. The van der Waals surface area contributed by atoms with Gasteiger partial charge in [-0.15, -0.1) is 4.98 Å². The fourth-order valence-electron chi connectivity index (χ4n) is 5.08. The fourth-order valence-corrected chi connectivity index (χ4v) is 5.08. The van der Waals surface area contributed by atoms with E-state index in [9.17, 15) is 14.3 Å². The monoisotopic (exact) mass is 463 g/mol. The molecule has 0 radical (unpaired) electrons. The number of aromatic nitrogens is 2. The molecule has 0 saturated carbocycles. The molecule has 1 N–H and O–H groups in total. The van der Waals surface area contributed by atoms with Gasteiger partial charge >= 0.3 is 0 Å². The number of aliphatic hydroxyl groups is 1. The number of anilines is 1. The van der Waals surface area contributed by atoms with E-state index >= 15 is 0 Å². The summed E-state index contributed by atoms with van der Waals surface area (Å²) in [5, 5.41) is 11.1. The molecule has 8 heteroatoms. The van der Waals surface area contributed by atoms with E-state index in [4.69, 9.17) is 6.57 Å². The van der Waals surface area contributed by atoms with Crippen molar-refractivity contribution in [2.45, 2.75) is 51.4 Å². The van der Waals surface area contributed by atoms with Gasteiger partial charge in [-0.25, -0.2) is 4.39 Å². The number of benzene rings is 1. The summed E-state index contributed by atoms with van der Waals surface area (Å²) >= 11 is 0. The van der Waals surface area contributed by atoms with Crippen molar-refractivity contribution in [1.82, 2.24) is 14.5 Å². The molecule has 1 aliphatic rings. The third kappa shape index (κ3) is 4.29. The lowest BCUT2D eigenvalue weighted by Gasteiger charge is -2.50. The molecule has 0 bridgehead atoms. The van der Waals surface area contributed by atoms with E-state index in [2.05, 4.69) is 33.5 Å². The Morgan fingerprint density at radius 3 is 2.44 bits per heavy atom. The highest BCUT2D eigenvalue weighted by molar-refractivity contribution is 5.89. The Morgan fingerprint density at radius 2 is 1.82 bits per heavy atom. The van der Waals surface area contributed by atoms with Crippen LogP contribution in [-0.4, -0.2) is 50.3 Å². The Labute approximate surface area is 198 Å². The molecule has 34 heavy (non-hydrogen) atoms. The molecule has 2 aromatic heterocycles. The summed E-state index contributed by atoms with van der Waals surface area (Å²) in [7, 11) is 1.70. The minimum absolute atomic E-state index is 0.00444. The van der Waals surface area contributed by atoms with Crippen LogP contribution in [0, 0.1) is 12.4 Å². The van der Waals surface area contributed by atoms with Crippen LogP contribution in [0.25, 0.3) is 15.9 Å². The van der Waals surface area contributed by atoms with Gasteiger partial charge in [0.2, 0.25) is 5.52 Å². The van der Waals surface area contributed by atoms with Crippen LogP contribution in [0.4, 0.5) is 15.9 Å². The molecule has 1 fully saturated rings. The summed E-state index contributed by atoms with van der Waals surface area (Å²) in [6.45, 7) is 16.3. The lowest BCUT2D eigenvalue weighted by Crippen LogP contribution is -2.60. The maximum atomic E-state index is 13.6. The van der Waals surface area contributed by atoms with Gasteiger partial charge in [-0.2, -0.15) is 0 Å². The second-order valence-corrected chi connectivity index (χ2v) is 9.73. The van der Waals surface area contributed by atoms with Gasteiger partial charge in [0.25, 0.3) is 11.4 Å². The Bertz CT molecular complexity index is 1310. The molecule has 1 unspecified atom stereocenters. The number of rotatable bonds is 4. The summed E-state index contributed by atoms with van der Waals surface area (Å²) in [5.74, 6) is -0.0292. The molecular formula is C26H30FN5O2. The third-order valence-corrected chi connectivity index (χ3v) is 6.70. The Balaban J connectivity index is 1.74. The highest BCUT2D eigenvalue weighted by Gasteiger charge is 2.41. The highest BCUT2D eigenvalue weighted by Crippen LogP contribution is 2.37. The van der Waals surface area contributed by atoms with E-state index in [1.54, 1.807) is 55.8 Å². The molecule has 178 valence electrons. The minimum atomic E-state index is -1.06. The zero-order valence-corrected chi connectivity index (χ0v) is 20.2. The smallest absolute Gasteiger partial charge is 0.270 e. The molecule has 3 aromatic rings. The highest BCUT2D eigenvalue weighted by atomic mass is 19.1. The predicted octanol–water partition coefficient (Wildman–Crippen LogP) is 4.03. The van der Waals surface area contributed by atoms with Gasteiger partial charge in [0.15, 0.2) is 0 Å². The van der Waals surface area contributed by atoms with Crippen LogP contribution in [0.5, 0.6) is 0 Å². The normalized spacial score (nSPS) is 20.4. The molecule has 0 amide bonds. The van der Waals surface area contributed by atoms with Crippen molar-refractivity contribution in [2.24, 2.45) is 7.05 Å². The number of nitrogens with zero attached hydrogens (tertiary/aromatic N) is 5. The van der Waals surface area contributed by atoms with Crippen molar-refractivity contribution in [3.63, 3.8) is 0 Å². The van der Waals surface area contributed by atoms with Gasteiger partial charge in [-0.3, -0.25) is 9.69 Å². The van der Waals surface area contributed by atoms with E-state index in [1.807, 2.05) is 0 Å². The van der Waals surface area contributed by atoms with E-state index in [0.29, 0.717) is 29.8 Å². The van der Waals surface area contributed by atoms with Gasteiger partial charge < -0.3 is 19.4 Å². The van der Waals surface area contributed by atoms with Crippen LogP contribution in [0.2, 0.25) is 0 Å². The first kappa shape index (κ1) is 23.9. The van der Waals surface area contributed by atoms with Crippen molar-refractivity contribution >= 4 is 22.5 Å². The molecular weight excluding hydrogens is 433 g/mol. The summed E-state index contributed by atoms with van der Waals surface area (Å²) < 4.78 is 15.1. The Kier molecular flexibility index (Phi) is 6.19. The van der Waals surface area contributed by atoms with Gasteiger partial charge in [0.05, 0.1) is 22.8 Å². The van der Waals surface area contributed by atoms with Crippen molar-refractivity contribution in [3.8, 4) is 0 Å². The molecule has 1 saturated heterocycles. The summed E-state index contributed by atoms with van der Waals surface area (Å²) in [6.07, 6.45) is 0. The lowest BCUT2D eigenvalue weighted by atomic mass is 9.88. The SMILES string of the molecule is [C-]#[N+]c1ccc2c(n1)c(N1C[C@@H](C)N(C(c3ccc(F)cc3)C(C)(C)O)C[C@@H]1C)cc(=O)n2C. The zero-order chi connectivity index (χ0) is 24.8. The van der Waals surface area contributed by atoms with Gasteiger partial charge in [0, 0.05) is 38.3 Å². The second-order valence-electron chi connectivity index (χ2n) is 9.73. The number of hydrogen-bond donors (Lipinski definition) is 1. The predicted molar refractivity (Wildman–Crippen MR) is 132 cm³/mol. The lowest BCUT2D eigenvalue weighted by molar-refractivity contribution is -0.0435. The van der Waals surface area contributed by atoms with Crippen molar-refractivity contribution in [1.29, 1.82) is 0 Å². The first-order valence-electron chi connectivity index (χ1n) is 11.4. The number of halogens is 1. The second kappa shape index (κ2) is 8.82. The summed E-state index contributed by atoms with van der Waals surface area (Å²) in [4.78, 5) is 25.1. The molecule has 0 aliphatic carbocycles. The summed E-state index contributed by atoms with van der Waals surface area (Å²) in [6, 6.07) is 11.0. The maximum Gasteiger partial charge on any atom is 0.270 e. The van der Waals surface area contributed by atoms with Gasteiger partial charge in [-0.1, -0.05) is 18.7 Å². The van der Waals surface area contributed by atoms with Crippen LogP contribution in [0.15, 0.2) is 47.3 Å². The van der Waals surface area contributed by atoms with Crippen LogP contribution in [-0.2, 0) is 7.05 Å². The van der Waals surface area contributed by atoms with Crippen molar-refractivity contribution in [2.75, 3.05) is 18.0 Å². The van der Waals surface area contributed by atoms with E-state index in [1.165, 1.54) is 12.1 Å². The molecule has 1 aliphatic heterocycles. The molecule has 1 aromatic carbocycles. The average molecular weight is 464 g/mol. The maximum absolute atomic E-state index is 13.6. The number of pyridine rings is 2. The van der Waals surface area contributed by atoms with E-state index < -0.39 is 5.60 Å². The number of aryl methyl sites for hydroxylation is 1.